The van der Waals surface area contributed by atoms with Crippen LogP contribution in [-0.4, -0.2) is 23.7 Å². The maximum atomic E-state index is 13.2. The molecule has 82 valence electrons. The van der Waals surface area contributed by atoms with Gasteiger partial charge < -0.3 is 5.11 Å². The average Bonchev–Trinajstić information content (AvgIpc) is 2.27. The summed E-state index contributed by atoms with van der Waals surface area (Å²) in [5.74, 6) is -0.103. The molecular weight excluding hydrogens is 209 g/mol. The molecule has 5 heteroatoms. The van der Waals surface area contributed by atoms with Gasteiger partial charge in [0.05, 0.1) is 0 Å². The Kier molecular flexibility index (Phi) is 3.71. The lowest BCUT2D eigenvalue weighted by Gasteiger charge is -2.13. The van der Waals surface area contributed by atoms with Crippen LogP contribution in [0.4, 0.5) is 13.2 Å². The van der Waals surface area contributed by atoms with Gasteiger partial charge in [-0.25, -0.2) is 13.2 Å². The number of aldehydes is 1. The molecule has 0 aliphatic rings. The van der Waals surface area contributed by atoms with Gasteiger partial charge in [-0.05, 0) is 17.7 Å². The first kappa shape index (κ1) is 11.6. The number of alkyl halides is 3. The molecule has 3 unspecified atom stereocenters. The molecular formula is C10H9F3O2. The number of carbonyl (C=O) groups is 1. The van der Waals surface area contributed by atoms with Gasteiger partial charge in [0.1, 0.15) is 5.75 Å². The fourth-order valence-corrected chi connectivity index (χ4v) is 1.08. The molecule has 0 amide bonds. The highest BCUT2D eigenvalue weighted by atomic mass is 19.2. The van der Waals surface area contributed by atoms with Crippen LogP contribution in [0.25, 0.3) is 0 Å². The lowest BCUT2D eigenvalue weighted by atomic mass is 10.0. The van der Waals surface area contributed by atoms with E-state index >= 15 is 0 Å². The summed E-state index contributed by atoms with van der Waals surface area (Å²) in [5, 5.41) is 8.89. The minimum Gasteiger partial charge on any atom is -0.508 e. The maximum Gasteiger partial charge on any atom is 0.189 e. The molecule has 0 aliphatic carbocycles. The maximum absolute atomic E-state index is 13.2. The summed E-state index contributed by atoms with van der Waals surface area (Å²) in [6, 6.07) is 4.57. The van der Waals surface area contributed by atoms with Gasteiger partial charge in [-0.15, -0.1) is 0 Å². The van der Waals surface area contributed by atoms with Crippen LogP contribution in [0.1, 0.15) is 11.7 Å². The highest BCUT2D eigenvalue weighted by molar-refractivity contribution is 5.57. The molecule has 0 spiro atoms. The number of hydrogen-bond acceptors (Lipinski definition) is 2. The van der Waals surface area contributed by atoms with Gasteiger partial charge in [-0.3, -0.25) is 4.79 Å². The number of rotatable bonds is 4. The molecule has 0 heterocycles. The minimum absolute atomic E-state index is 0.103. The van der Waals surface area contributed by atoms with E-state index in [4.69, 9.17) is 5.11 Å². The Bertz CT molecular complexity index is 326. The Morgan fingerprint density at radius 3 is 2.13 bits per heavy atom. The fraction of sp³-hybridized carbons (Fsp3) is 0.300. The van der Waals surface area contributed by atoms with E-state index < -0.39 is 18.5 Å². The van der Waals surface area contributed by atoms with Crippen molar-refractivity contribution < 1.29 is 23.1 Å². The van der Waals surface area contributed by atoms with Crippen molar-refractivity contribution in [1.29, 1.82) is 0 Å². The Morgan fingerprint density at radius 1 is 1.13 bits per heavy atom. The predicted molar refractivity (Wildman–Crippen MR) is 47.8 cm³/mol. The highest BCUT2D eigenvalue weighted by Gasteiger charge is 2.30. The topological polar surface area (TPSA) is 37.3 Å². The van der Waals surface area contributed by atoms with Crippen LogP contribution in [-0.2, 0) is 4.79 Å². The standard InChI is InChI=1S/C10H9F3O2/c11-8(5-14)10(13)9(12)6-1-3-7(15)4-2-6/h1-5,8-10,15H. The number of aromatic hydroxyl groups is 1. The second-order valence-electron chi connectivity index (χ2n) is 3.02. The van der Waals surface area contributed by atoms with E-state index in [0.717, 1.165) is 24.3 Å². The zero-order valence-electron chi connectivity index (χ0n) is 7.61. The van der Waals surface area contributed by atoms with E-state index in [1.807, 2.05) is 0 Å². The van der Waals surface area contributed by atoms with Crippen LogP contribution in [0, 0.1) is 0 Å². The van der Waals surface area contributed by atoms with Crippen LogP contribution in [0.2, 0.25) is 0 Å². The van der Waals surface area contributed by atoms with Crippen molar-refractivity contribution in [2.45, 2.75) is 18.5 Å². The second kappa shape index (κ2) is 4.82. The molecule has 0 radical (unpaired) electrons. The van der Waals surface area contributed by atoms with E-state index in [1.165, 1.54) is 0 Å². The SMILES string of the molecule is O=CC(F)C(F)C(F)c1ccc(O)cc1. The van der Waals surface area contributed by atoms with Crippen LogP contribution in [0.15, 0.2) is 24.3 Å². The summed E-state index contributed by atoms with van der Waals surface area (Å²) in [6.07, 6.45) is -7.50. The number of phenolic OH excluding ortho intramolecular Hbond substituents is 1. The normalized spacial score (nSPS) is 16.7. The van der Waals surface area contributed by atoms with Crippen molar-refractivity contribution in [2.75, 3.05) is 0 Å². The van der Waals surface area contributed by atoms with Crippen molar-refractivity contribution >= 4 is 6.29 Å². The van der Waals surface area contributed by atoms with E-state index in [1.54, 1.807) is 0 Å². The highest BCUT2D eigenvalue weighted by Crippen LogP contribution is 2.27. The number of carbonyl (C=O) groups excluding carboxylic acids is 1. The molecule has 1 N–H and O–H groups in total. The zero-order valence-corrected chi connectivity index (χ0v) is 7.61. The van der Waals surface area contributed by atoms with Crippen LogP contribution in [0.5, 0.6) is 5.75 Å². The van der Waals surface area contributed by atoms with Gasteiger partial charge in [0, 0.05) is 0 Å². The quantitative estimate of drug-likeness (QED) is 0.787. The predicted octanol–water partition coefficient (Wildman–Crippen LogP) is 2.28. The molecule has 0 bridgehead atoms. The number of benzene rings is 1. The fourth-order valence-electron chi connectivity index (χ4n) is 1.08. The van der Waals surface area contributed by atoms with Crippen LogP contribution < -0.4 is 0 Å². The van der Waals surface area contributed by atoms with E-state index in [9.17, 15) is 18.0 Å². The molecule has 1 rings (SSSR count). The molecule has 1 aromatic carbocycles. The van der Waals surface area contributed by atoms with Crippen molar-refractivity contribution in [3.63, 3.8) is 0 Å². The molecule has 0 aromatic heterocycles. The summed E-state index contributed by atoms with van der Waals surface area (Å²) < 4.78 is 38.7. The number of phenols is 1. The van der Waals surface area contributed by atoms with Crippen molar-refractivity contribution in [3.8, 4) is 5.75 Å². The molecule has 0 fully saturated rings. The number of halogens is 3. The average molecular weight is 218 g/mol. The summed E-state index contributed by atoms with van der Waals surface area (Å²) in [5.41, 5.74) is -0.121. The zero-order chi connectivity index (χ0) is 11.4. The van der Waals surface area contributed by atoms with Gasteiger partial charge in [0.15, 0.2) is 24.8 Å². The van der Waals surface area contributed by atoms with Crippen molar-refractivity contribution in [1.82, 2.24) is 0 Å². The Morgan fingerprint density at radius 2 is 1.67 bits per heavy atom. The first-order valence-electron chi connectivity index (χ1n) is 4.22. The molecule has 0 aliphatic heterocycles. The van der Waals surface area contributed by atoms with E-state index in [0.29, 0.717) is 0 Å². The molecule has 1 aromatic rings. The van der Waals surface area contributed by atoms with Gasteiger partial charge in [-0.2, -0.15) is 0 Å². The lowest BCUT2D eigenvalue weighted by Crippen LogP contribution is -2.23. The third kappa shape index (κ3) is 2.71. The summed E-state index contributed by atoms with van der Waals surface area (Å²) in [7, 11) is 0. The number of hydrogen-bond donors (Lipinski definition) is 1. The van der Waals surface area contributed by atoms with Gasteiger partial charge in [0.2, 0.25) is 0 Å². The van der Waals surface area contributed by atoms with Gasteiger partial charge in [-0.1, -0.05) is 12.1 Å². The van der Waals surface area contributed by atoms with Crippen LogP contribution in [0.3, 0.4) is 0 Å². The first-order valence-corrected chi connectivity index (χ1v) is 4.22. The Balaban J connectivity index is 2.79. The summed E-state index contributed by atoms with van der Waals surface area (Å²) >= 11 is 0. The van der Waals surface area contributed by atoms with E-state index in [-0.39, 0.29) is 17.6 Å². The molecule has 3 atom stereocenters. The Hall–Kier alpha value is -1.52. The molecule has 15 heavy (non-hydrogen) atoms. The summed E-state index contributed by atoms with van der Waals surface area (Å²) in [6.45, 7) is 0. The lowest BCUT2D eigenvalue weighted by molar-refractivity contribution is -0.115. The van der Waals surface area contributed by atoms with Crippen LogP contribution >= 0.6 is 0 Å². The smallest absolute Gasteiger partial charge is 0.189 e. The summed E-state index contributed by atoms with van der Waals surface area (Å²) in [4.78, 5) is 9.91. The second-order valence-corrected chi connectivity index (χ2v) is 3.02. The van der Waals surface area contributed by atoms with Crippen molar-refractivity contribution in [2.24, 2.45) is 0 Å². The third-order valence-corrected chi connectivity index (χ3v) is 1.93. The molecule has 0 saturated heterocycles. The first-order chi connectivity index (χ1) is 7.06. The van der Waals surface area contributed by atoms with Gasteiger partial charge in [0.25, 0.3) is 0 Å². The molecule has 2 nitrogen and oxygen atoms in total. The third-order valence-electron chi connectivity index (χ3n) is 1.93. The monoisotopic (exact) mass is 218 g/mol. The molecule has 0 saturated carbocycles. The Labute approximate surface area is 84.3 Å². The van der Waals surface area contributed by atoms with Crippen molar-refractivity contribution in [3.05, 3.63) is 29.8 Å². The van der Waals surface area contributed by atoms with E-state index in [2.05, 4.69) is 0 Å². The largest absolute Gasteiger partial charge is 0.508 e. The minimum atomic E-state index is -2.52. The van der Waals surface area contributed by atoms with Gasteiger partial charge >= 0.3 is 0 Å².